The van der Waals surface area contributed by atoms with E-state index in [1.165, 1.54) is 11.9 Å². The highest BCUT2D eigenvalue weighted by Gasteiger charge is 2.26. The van der Waals surface area contributed by atoms with Gasteiger partial charge in [0.2, 0.25) is 0 Å². The molecule has 2 aromatic carbocycles. The van der Waals surface area contributed by atoms with E-state index in [0.717, 1.165) is 11.1 Å². The van der Waals surface area contributed by atoms with E-state index in [-0.39, 0.29) is 24.5 Å². The van der Waals surface area contributed by atoms with Crippen LogP contribution in [-0.2, 0) is 5.41 Å². The van der Waals surface area contributed by atoms with Crippen molar-refractivity contribution in [1.29, 1.82) is 0 Å². The van der Waals surface area contributed by atoms with Crippen LogP contribution in [0.2, 0.25) is 10.0 Å². The molecule has 0 spiro atoms. The van der Waals surface area contributed by atoms with Gasteiger partial charge in [0.25, 0.3) is 0 Å². The van der Waals surface area contributed by atoms with Crippen molar-refractivity contribution in [2.75, 3.05) is 31.9 Å². The number of hydrogen-bond acceptors (Lipinski definition) is 6. The summed E-state index contributed by atoms with van der Waals surface area (Å²) in [7, 11) is 0. The molecule has 0 aliphatic heterocycles. The Bertz CT molecular complexity index is 813. The lowest BCUT2D eigenvalue weighted by Gasteiger charge is -2.27. The topological polar surface area (TPSA) is 71.0 Å². The Labute approximate surface area is 203 Å². The van der Waals surface area contributed by atoms with Crippen molar-refractivity contribution in [3.63, 3.8) is 0 Å². The number of halogens is 3. The summed E-state index contributed by atoms with van der Waals surface area (Å²) < 4.78 is 14.2. The second kappa shape index (κ2) is 12.4. The molecule has 0 aromatic heterocycles. The summed E-state index contributed by atoms with van der Waals surface area (Å²) in [4.78, 5) is 0. The zero-order valence-corrected chi connectivity index (χ0v) is 20.8. The molecule has 3 N–H and O–H groups in total. The minimum absolute atomic E-state index is 0.00911. The molecule has 172 valence electrons. The first kappa shape index (κ1) is 26.4. The van der Waals surface area contributed by atoms with Crippen LogP contribution in [0.4, 0.5) is 0 Å². The van der Waals surface area contributed by atoms with E-state index in [1.54, 1.807) is 0 Å². The third-order valence-electron chi connectivity index (χ3n) is 4.80. The molecule has 0 amide bonds. The molecule has 0 heterocycles. The molecule has 0 bridgehead atoms. The van der Waals surface area contributed by atoms with Crippen molar-refractivity contribution in [3.05, 3.63) is 57.6 Å². The molecule has 5 nitrogen and oxygen atoms in total. The molecule has 31 heavy (non-hydrogen) atoms. The first-order valence-corrected chi connectivity index (χ1v) is 12.2. The number of nitrogens with one attached hydrogen (secondary N) is 1. The molecule has 0 radical (unpaired) electrons. The van der Waals surface area contributed by atoms with Gasteiger partial charge in [-0.2, -0.15) is 0 Å². The largest absolute Gasteiger partial charge is 0.491 e. The molecule has 2 aromatic rings. The van der Waals surface area contributed by atoms with Crippen molar-refractivity contribution in [2.45, 2.75) is 31.5 Å². The predicted octanol–water partition coefficient (Wildman–Crippen LogP) is 4.91. The van der Waals surface area contributed by atoms with E-state index in [2.05, 4.69) is 18.6 Å². The third-order valence-corrected chi connectivity index (χ3v) is 6.17. The molecule has 0 saturated heterocycles. The van der Waals surface area contributed by atoms with Crippen LogP contribution >= 0.6 is 46.8 Å². The summed E-state index contributed by atoms with van der Waals surface area (Å²) in [6.07, 6.45) is 0.522. The van der Waals surface area contributed by atoms with E-state index < -0.39 is 12.2 Å². The standard InChI is InChI=1S/C22H28Cl3NO4S/c1-22(2,14-4-6-18(7-5-14)29-13-17(28)11-26-31-3)15-8-19(24)21(20(25)9-15)30-12-16(27)10-23/h4-9,16-17,26-28H,10-13H2,1-3H3. The number of aliphatic hydroxyl groups is 2. The van der Waals surface area contributed by atoms with Gasteiger partial charge in [0, 0.05) is 12.0 Å². The second-order valence-electron chi connectivity index (χ2n) is 7.55. The van der Waals surface area contributed by atoms with Crippen molar-refractivity contribution < 1.29 is 19.7 Å². The highest BCUT2D eigenvalue weighted by Crippen LogP contribution is 2.40. The maximum Gasteiger partial charge on any atom is 0.156 e. The molecule has 2 unspecified atom stereocenters. The number of alkyl halides is 1. The summed E-state index contributed by atoms with van der Waals surface area (Å²) in [6, 6.07) is 11.3. The van der Waals surface area contributed by atoms with Gasteiger partial charge >= 0.3 is 0 Å². The van der Waals surface area contributed by atoms with Crippen LogP contribution in [-0.4, -0.2) is 54.3 Å². The zero-order chi connectivity index (χ0) is 23.0. The molecular weight excluding hydrogens is 481 g/mol. The van der Waals surface area contributed by atoms with Gasteiger partial charge in [-0.15, -0.1) is 11.6 Å². The molecular formula is C22H28Cl3NO4S. The van der Waals surface area contributed by atoms with Crippen LogP contribution in [0, 0.1) is 0 Å². The summed E-state index contributed by atoms with van der Waals surface area (Å²) in [5.41, 5.74) is 1.57. The highest BCUT2D eigenvalue weighted by atomic mass is 35.5. The van der Waals surface area contributed by atoms with Crippen LogP contribution in [0.5, 0.6) is 11.5 Å². The Hall–Kier alpha value is -0.860. The first-order valence-electron chi connectivity index (χ1n) is 9.72. The molecule has 9 heteroatoms. The average Bonchev–Trinajstić information content (AvgIpc) is 2.75. The van der Waals surface area contributed by atoms with Gasteiger partial charge in [-0.3, -0.25) is 4.72 Å². The Kier molecular flexibility index (Phi) is 10.6. The van der Waals surface area contributed by atoms with Crippen molar-refractivity contribution in [3.8, 4) is 11.5 Å². The summed E-state index contributed by atoms with van der Waals surface area (Å²) in [5.74, 6) is 1.07. The van der Waals surface area contributed by atoms with Gasteiger partial charge < -0.3 is 19.7 Å². The number of rotatable bonds is 12. The molecule has 2 atom stereocenters. The normalized spacial score (nSPS) is 13.7. The van der Waals surface area contributed by atoms with Gasteiger partial charge in [-0.1, -0.05) is 61.1 Å². The van der Waals surface area contributed by atoms with E-state index >= 15 is 0 Å². The van der Waals surface area contributed by atoms with Gasteiger partial charge in [0.05, 0.1) is 15.9 Å². The fourth-order valence-corrected chi connectivity index (χ4v) is 3.89. The summed E-state index contributed by atoms with van der Waals surface area (Å²) in [6.45, 7) is 4.82. The van der Waals surface area contributed by atoms with Crippen LogP contribution in [0.25, 0.3) is 0 Å². The zero-order valence-electron chi connectivity index (χ0n) is 17.7. The predicted molar refractivity (Wildman–Crippen MR) is 130 cm³/mol. The van der Waals surface area contributed by atoms with E-state index in [1.807, 2.05) is 42.7 Å². The fourth-order valence-electron chi connectivity index (χ4n) is 2.85. The summed E-state index contributed by atoms with van der Waals surface area (Å²) >= 11 is 19.9. The van der Waals surface area contributed by atoms with Gasteiger partial charge in [0.15, 0.2) is 5.75 Å². The lowest BCUT2D eigenvalue weighted by molar-refractivity contribution is 0.111. The lowest BCUT2D eigenvalue weighted by atomic mass is 9.78. The molecule has 0 saturated carbocycles. The number of aliphatic hydroxyl groups excluding tert-OH is 2. The number of benzene rings is 2. The molecule has 0 aliphatic rings. The highest BCUT2D eigenvalue weighted by molar-refractivity contribution is 7.96. The van der Waals surface area contributed by atoms with Crippen LogP contribution in [0.1, 0.15) is 25.0 Å². The van der Waals surface area contributed by atoms with Crippen molar-refractivity contribution in [1.82, 2.24) is 4.72 Å². The van der Waals surface area contributed by atoms with Crippen LogP contribution in [0.3, 0.4) is 0 Å². The Morgan fingerprint density at radius 2 is 1.55 bits per heavy atom. The second-order valence-corrected chi connectivity index (χ2v) is 9.37. The lowest BCUT2D eigenvalue weighted by Crippen LogP contribution is -2.28. The Balaban J connectivity index is 2.12. The third kappa shape index (κ3) is 7.60. The minimum atomic E-state index is -0.798. The average molecular weight is 509 g/mol. The maximum absolute atomic E-state index is 9.87. The van der Waals surface area contributed by atoms with Gasteiger partial charge in [-0.05, 0) is 41.6 Å². The SMILES string of the molecule is CSNCC(O)COc1ccc(C(C)(C)c2cc(Cl)c(OCC(O)CCl)c(Cl)c2)cc1. The summed E-state index contributed by atoms with van der Waals surface area (Å²) in [5, 5.41) is 20.2. The molecule has 0 aliphatic carbocycles. The van der Waals surface area contributed by atoms with Crippen molar-refractivity contribution >= 4 is 46.8 Å². The maximum atomic E-state index is 9.87. The fraction of sp³-hybridized carbons (Fsp3) is 0.455. The number of hydrogen-bond donors (Lipinski definition) is 3. The van der Waals surface area contributed by atoms with E-state index in [0.29, 0.717) is 28.1 Å². The minimum Gasteiger partial charge on any atom is -0.491 e. The van der Waals surface area contributed by atoms with Gasteiger partial charge in [0.1, 0.15) is 31.2 Å². The van der Waals surface area contributed by atoms with Crippen LogP contribution < -0.4 is 14.2 Å². The molecule has 0 fully saturated rings. The first-order chi connectivity index (χ1) is 14.7. The quantitative estimate of drug-likeness (QED) is 0.280. The van der Waals surface area contributed by atoms with E-state index in [4.69, 9.17) is 44.3 Å². The van der Waals surface area contributed by atoms with Gasteiger partial charge in [-0.25, -0.2) is 0 Å². The number of ether oxygens (including phenoxy) is 2. The molecule has 2 rings (SSSR count). The van der Waals surface area contributed by atoms with Crippen LogP contribution in [0.15, 0.2) is 36.4 Å². The smallest absolute Gasteiger partial charge is 0.156 e. The monoisotopic (exact) mass is 507 g/mol. The Morgan fingerprint density at radius 3 is 2.10 bits per heavy atom. The van der Waals surface area contributed by atoms with E-state index in [9.17, 15) is 10.2 Å². The Morgan fingerprint density at radius 1 is 0.968 bits per heavy atom. The van der Waals surface area contributed by atoms with Crippen molar-refractivity contribution in [2.24, 2.45) is 0 Å².